The summed E-state index contributed by atoms with van der Waals surface area (Å²) in [6.45, 7) is 0.745. The number of aromatic nitrogens is 1. The number of carbonyl (C=O) groups is 1. The molecular weight excluding hydrogens is 388 g/mol. The maximum Gasteiger partial charge on any atom is 0.412 e. The third-order valence-electron chi connectivity index (χ3n) is 4.91. The normalized spacial score (nSPS) is 13.1. The fraction of sp³-hybridized carbons (Fsp3) is 0.217. The minimum Gasteiger partial charge on any atom is -0.444 e. The van der Waals surface area contributed by atoms with Crippen LogP contribution in [0.1, 0.15) is 18.4 Å². The van der Waals surface area contributed by atoms with E-state index in [1.807, 2.05) is 54.6 Å². The SMILES string of the molecule is O=C(Nc1ccc(-c2ccccc2Cl)n(CC2CC2)c1=O)OCc1ccccc1. The molecule has 1 saturated carbocycles. The first-order chi connectivity index (χ1) is 14.1. The summed E-state index contributed by atoms with van der Waals surface area (Å²) >= 11 is 6.35. The van der Waals surface area contributed by atoms with Crippen LogP contribution in [0, 0.1) is 5.92 Å². The van der Waals surface area contributed by atoms with E-state index in [2.05, 4.69) is 5.32 Å². The van der Waals surface area contributed by atoms with Crippen molar-refractivity contribution in [2.24, 2.45) is 5.92 Å². The molecule has 1 N–H and O–H groups in total. The molecule has 4 rings (SSSR count). The summed E-state index contributed by atoms with van der Waals surface area (Å²) in [6, 6.07) is 20.2. The van der Waals surface area contributed by atoms with Gasteiger partial charge in [0.15, 0.2) is 0 Å². The lowest BCUT2D eigenvalue weighted by Gasteiger charge is -2.16. The van der Waals surface area contributed by atoms with Gasteiger partial charge in [0.2, 0.25) is 0 Å². The standard InChI is InChI=1S/C23H21ClN2O3/c24-19-9-5-4-8-18(19)21-13-12-20(22(27)26(21)14-16-10-11-16)25-23(28)29-15-17-6-2-1-3-7-17/h1-9,12-13,16H,10-11,14-15H2,(H,25,28). The highest BCUT2D eigenvalue weighted by atomic mass is 35.5. The number of halogens is 1. The molecule has 0 saturated heterocycles. The van der Waals surface area contributed by atoms with Crippen LogP contribution in [0.2, 0.25) is 5.02 Å². The van der Waals surface area contributed by atoms with Gasteiger partial charge in [-0.1, -0.05) is 60.1 Å². The number of amides is 1. The van der Waals surface area contributed by atoms with Crippen molar-refractivity contribution in [3.63, 3.8) is 0 Å². The zero-order valence-electron chi connectivity index (χ0n) is 15.8. The van der Waals surface area contributed by atoms with Crippen LogP contribution in [0.25, 0.3) is 11.3 Å². The van der Waals surface area contributed by atoms with Crippen molar-refractivity contribution in [2.45, 2.75) is 26.0 Å². The number of pyridine rings is 1. The largest absolute Gasteiger partial charge is 0.444 e. The van der Waals surface area contributed by atoms with Gasteiger partial charge in [-0.2, -0.15) is 0 Å². The number of benzene rings is 2. The Labute approximate surface area is 173 Å². The van der Waals surface area contributed by atoms with Gasteiger partial charge in [0, 0.05) is 17.1 Å². The molecule has 3 aromatic rings. The van der Waals surface area contributed by atoms with Crippen molar-refractivity contribution in [1.29, 1.82) is 0 Å². The predicted molar refractivity (Wildman–Crippen MR) is 114 cm³/mol. The van der Waals surface area contributed by atoms with Gasteiger partial charge in [0.1, 0.15) is 12.3 Å². The molecule has 0 bridgehead atoms. The topological polar surface area (TPSA) is 60.3 Å². The van der Waals surface area contributed by atoms with Crippen molar-refractivity contribution < 1.29 is 9.53 Å². The minimum atomic E-state index is -0.658. The second kappa shape index (κ2) is 8.53. The van der Waals surface area contributed by atoms with Crippen molar-refractivity contribution in [2.75, 3.05) is 5.32 Å². The lowest BCUT2D eigenvalue weighted by molar-refractivity contribution is 0.155. The van der Waals surface area contributed by atoms with Crippen LogP contribution >= 0.6 is 11.6 Å². The summed E-state index contributed by atoms with van der Waals surface area (Å²) in [7, 11) is 0. The Morgan fingerprint density at radius 3 is 2.48 bits per heavy atom. The van der Waals surface area contributed by atoms with Gasteiger partial charge < -0.3 is 9.30 Å². The van der Waals surface area contributed by atoms with Crippen LogP contribution < -0.4 is 10.9 Å². The minimum absolute atomic E-state index is 0.140. The monoisotopic (exact) mass is 408 g/mol. The van der Waals surface area contributed by atoms with Crippen LogP contribution in [-0.4, -0.2) is 10.7 Å². The summed E-state index contributed by atoms with van der Waals surface area (Å²) in [6.07, 6.45) is 1.55. The molecule has 0 atom stereocenters. The maximum absolute atomic E-state index is 13.1. The van der Waals surface area contributed by atoms with Gasteiger partial charge in [0.25, 0.3) is 5.56 Å². The quantitative estimate of drug-likeness (QED) is 0.599. The van der Waals surface area contributed by atoms with E-state index in [4.69, 9.17) is 16.3 Å². The highest BCUT2D eigenvalue weighted by Gasteiger charge is 2.25. The molecule has 5 nitrogen and oxygen atoms in total. The van der Waals surface area contributed by atoms with Crippen LogP contribution in [0.5, 0.6) is 0 Å². The highest BCUT2D eigenvalue weighted by Crippen LogP contribution is 2.33. The van der Waals surface area contributed by atoms with E-state index in [-0.39, 0.29) is 17.9 Å². The highest BCUT2D eigenvalue weighted by molar-refractivity contribution is 6.33. The van der Waals surface area contributed by atoms with Crippen molar-refractivity contribution in [1.82, 2.24) is 4.57 Å². The number of nitrogens with zero attached hydrogens (tertiary/aromatic N) is 1. The van der Waals surface area contributed by atoms with E-state index in [1.165, 1.54) is 0 Å². The molecule has 0 unspecified atom stereocenters. The zero-order chi connectivity index (χ0) is 20.2. The first-order valence-corrected chi connectivity index (χ1v) is 9.96. The number of rotatable bonds is 6. The van der Waals surface area contributed by atoms with Crippen molar-refractivity contribution in [3.05, 3.63) is 87.7 Å². The van der Waals surface area contributed by atoms with Gasteiger partial charge in [-0.05, 0) is 42.5 Å². The van der Waals surface area contributed by atoms with Gasteiger partial charge in [-0.3, -0.25) is 10.1 Å². The van der Waals surface area contributed by atoms with E-state index in [1.54, 1.807) is 16.7 Å². The number of anilines is 1. The van der Waals surface area contributed by atoms with Gasteiger partial charge in [-0.25, -0.2) is 4.79 Å². The third-order valence-corrected chi connectivity index (χ3v) is 5.24. The molecule has 1 aliphatic rings. The summed E-state index contributed by atoms with van der Waals surface area (Å²) in [5, 5.41) is 3.16. The third kappa shape index (κ3) is 4.69. The van der Waals surface area contributed by atoms with Crippen molar-refractivity contribution >= 4 is 23.4 Å². The fourth-order valence-corrected chi connectivity index (χ4v) is 3.42. The smallest absolute Gasteiger partial charge is 0.412 e. The molecule has 29 heavy (non-hydrogen) atoms. The molecule has 1 aromatic heterocycles. The fourth-order valence-electron chi connectivity index (χ4n) is 3.19. The Morgan fingerprint density at radius 1 is 1.03 bits per heavy atom. The number of hydrogen-bond acceptors (Lipinski definition) is 3. The summed E-state index contributed by atoms with van der Waals surface area (Å²) < 4.78 is 6.94. The van der Waals surface area contributed by atoms with Gasteiger partial charge in [0.05, 0.1) is 5.69 Å². The Hall–Kier alpha value is -3.05. The lowest BCUT2D eigenvalue weighted by atomic mass is 10.1. The van der Waals surface area contributed by atoms with Crippen LogP contribution in [0.15, 0.2) is 71.5 Å². The molecule has 6 heteroatoms. The van der Waals surface area contributed by atoms with E-state index in [0.717, 1.165) is 29.7 Å². The second-order valence-corrected chi connectivity index (χ2v) is 7.57. The molecule has 0 spiro atoms. The molecule has 0 aliphatic heterocycles. The lowest BCUT2D eigenvalue weighted by Crippen LogP contribution is -2.28. The van der Waals surface area contributed by atoms with Crippen LogP contribution in [0.4, 0.5) is 10.5 Å². The van der Waals surface area contributed by atoms with E-state index in [0.29, 0.717) is 17.5 Å². The first-order valence-electron chi connectivity index (χ1n) is 9.58. The number of carbonyl (C=O) groups excluding carboxylic acids is 1. The maximum atomic E-state index is 13.1. The zero-order valence-corrected chi connectivity index (χ0v) is 16.6. The average Bonchev–Trinajstić information content (AvgIpc) is 3.55. The Bertz CT molecular complexity index is 1070. The summed E-state index contributed by atoms with van der Waals surface area (Å²) in [4.78, 5) is 25.3. The second-order valence-electron chi connectivity index (χ2n) is 7.16. The molecule has 1 amide bonds. The summed E-state index contributed by atoms with van der Waals surface area (Å²) in [5.74, 6) is 0.481. The molecule has 1 heterocycles. The average molecular weight is 409 g/mol. The molecule has 0 radical (unpaired) electrons. The Morgan fingerprint density at radius 2 is 1.76 bits per heavy atom. The first kappa shape index (κ1) is 19.3. The Balaban J connectivity index is 1.57. The summed E-state index contributed by atoms with van der Waals surface area (Å²) in [5.41, 5.74) is 2.36. The molecule has 2 aromatic carbocycles. The van der Waals surface area contributed by atoms with E-state index in [9.17, 15) is 9.59 Å². The molecule has 148 valence electrons. The number of nitrogens with one attached hydrogen (secondary N) is 1. The Kier molecular flexibility index (Phi) is 5.67. The van der Waals surface area contributed by atoms with Crippen molar-refractivity contribution in [3.8, 4) is 11.3 Å². The van der Waals surface area contributed by atoms with E-state index < -0.39 is 6.09 Å². The van der Waals surface area contributed by atoms with Gasteiger partial charge >= 0.3 is 6.09 Å². The molecule has 1 fully saturated rings. The molecular formula is C23H21ClN2O3. The predicted octanol–water partition coefficient (Wildman–Crippen LogP) is 5.33. The van der Waals surface area contributed by atoms with Gasteiger partial charge in [-0.15, -0.1) is 0 Å². The van der Waals surface area contributed by atoms with Crippen LogP contribution in [-0.2, 0) is 17.9 Å². The number of ether oxygens (including phenoxy) is 1. The van der Waals surface area contributed by atoms with Crippen LogP contribution in [0.3, 0.4) is 0 Å². The van der Waals surface area contributed by atoms with E-state index >= 15 is 0 Å². The number of hydrogen-bond donors (Lipinski definition) is 1. The molecule has 1 aliphatic carbocycles.